The maximum Gasteiger partial charge on any atom is 0.326 e. The van der Waals surface area contributed by atoms with Gasteiger partial charge < -0.3 is 14.9 Å². The Kier molecular flexibility index (Phi) is 3.94. The van der Waals surface area contributed by atoms with E-state index in [4.69, 9.17) is 0 Å². The second kappa shape index (κ2) is 6.07. The molecule has 142 valence electrons. The fourth-order valence-electron chi connectivity index (χ4n) is 4.49. The summed E-state index contributed by atoms with van der Waals surface area (Å²) in [6.45, 7) is 1.92. The van der Waals surface area contributed by atoms with E-state index < -0.39 is 23.6 Å². The molecule has 0 bridgehead atoms. The molecular formula is C19H21N3O5. The van der Waals surface area contributed by atoms with Crippen LogP contribution in [0.5, 0.6) is 0 Å². The second-order valence-corrected chi connectivity index (χ2v) is 7.44. The Morgan fingerprint density at radius 1 is 1.26 bits per heavy atom. The molecule has 1 aromatic rings. The molecule has 8 heteroatoms. The summed E-state index contributed by atoms with van der Waals surface area (Å²) in [6, 6.07) is 6.05. The Bertz CT molecular complexity index is 854. The molecule has 0 radical (unpaired) electrons. The van der Waals surface area contributed by atoms with Gasteiger partial charge >= 0.3 is 5.97 Å². The highest BCUT2D eigenvalue weighted by Gasteiger charge is 2.53. The zero-order chi connectivity index (χ0) is 19.3. The minimum absolute atomic E-state index is 0.0838. The normalized spacial score (nSPS) is 27.0. The van der Waals surface area contributed by atoms with E-state index in [0.717, 1.165) is 0 Å². The lowest BCUT2D eigenvalue weighted by molar-refractivity contribution is -0.148. The maximum atomic E-state index is 13.1. The summed E-state index contributed by atoms with van der Waals surface area (Å²) < 4.78 is 0. The summed E-state index contributed by atoms with van der Waals surface area (Å²) in [5.74, 6) is -1.81. The fraction of sp³-hybridized carbons (Fsp3) is 0.474. The average Bonchev–Trinajstić information content (AvgIpc) is 3.24. The second-order valence-electron chi connectivity index (χ2n) is 7.44. The number of carbonyl (C=O) groups excluding carboxylic acids is 3. The summed E-state index contributed by atoms with van der Waals surface area (Å²) in [7, 11) is 0. The van der Waals surface area contributed by atoms with Crippen molar-refractivity contribution in [2.45, 2.75) is 44.3 Å². The van der Waals surface area contributed by atoms with Crippen LogP contribution in [-0.2, 0) is 14.4 Å². The number of rotatable bonds is 3. The SMILES string of the molecule is CC12CCC(=O)N1c1ccccc1C(=O)N2CC(=O)N1CCCC1C(=O)O. The van der Waals surface area contributed by atoms with Crippen LogP contribution in [0.3, 0.4) is 0 Å². The van der Waals surface area contributed by atoms with E-state index in [-0.39, 0.29) is 18.4 Å². The number of carbonyl (C=O) groups is 4. The average molecular weight is 371 g/mol. The first-order valence-electron chi connectivity index (χ1n) is 9.11. The van der Waals surface area contributed by atoms with Crippen molar-refractivity contribution < 1.29 is 24.3 Å². The number of nitrogens with zero attached hydrogens (tertiary/aromatic N) is 3. The van der Waals surface area contributed by atoms with Crippen molar-refractivity contribution >= 4 is 29.4 Å². The molecule has 3 aliphatic rings. The van der Waals surface area contributed by atoms with Gasteiger partial charge in [0.2, 0.25) is 11.8 Å². The molecule has 4 rings (SSSR count). The standard InChI is InChI=1S/C19H21N3O5/c1-19-9-8-15(23)22(19)13-6-3-2-5-12(13)17(25)21(19)11-16(24)20-10-4-7-14(20)18(26)27/h2-3,5-6,14H,4,7-11H2,1H3,(H,26,27). The van der Waals surface area contributed by atoms with Gasteiger partial charge in [0.05, 0.1) is 11.3 Å². The van der Waals surface area contributed by atoms with E-state index in [1.807, 2.05) is 0 Å². The van der Waals surface area contributed by atoms with Gasteiger partial charge in [-0.25, -0.2) is 4.79 Å². The predicted octanol–water partition coefficient (Wildman–Crippen LogP) is 1.06. The highest BCUT2D eigenvalue weighted by Crippen LogP contribution is 2.43. The molecule has 27 heavy (non-hydrogen) atoms. The number of hydrogen-bond donors (Lipinski definition) is 1. The van der Waals surface area contributed by atoms with E-state index >= 15 is 0 Å². The van der Waals surface area contributed by atoms with Gasteiger partial charge in [-0.1, -0.05) is 12.1 Å². The maximum absolute atomic E-state index is 13.1. The number of carboxylic acid groups (broad SMARTS) is 1. The molecule has 1 aromatic carbocycles. The summed E-state index contributed by atoms with van der Waals surface area (Å²) >= 11 is 0. The molecule has 2 unspecified atom stereocenters. The third-order valence-corrected chi connectivity index (χ3v) is 5.90. The molecule has 2 atom stereocenters. The summed E-state index contributed by atoms with van der Waals surface area (Å²) in [5.41, 5.74) is 0.0337. The van der Waals surface area contributed by atoms with Crippen molar-refractivity contribution in [2.75, 3.05) is 18.0 Å². The van der Waals surface area contributed by atoms with Crippen LogP contribution in [0.25, 0.3) is 0 Å². The Morgan fingerprint density at radius 2 is 2.00 bits per heavy atom. The first kappa shape index (κ1) is 17.5. The number of carboxylic acids is 1. The minimum atomic E-state index is -1.03. The van der Waals surface area contributed by atoms with Crippen LogP contribution < -0.4 is 4.90 Å². The van der Waals surface area contributed by atoms with Crippen molar-refractivity contribution in [3.05, 3.63) is 29.8 Å². The molecule has 2 saturated heterocycles. The van der Waals surface area contributed by atoms with Crippen LogP contribution in [0.4, 0.5) is 5.69 Å². The van der Waals surface area contributed by atoms with Crippen LogP contribution in [0.2, 0.25) is 0 Å². The van der Waals surface area contributed by atoms with Gasteiger partial charge in [-0.3, -0.25) is 19.3 Å². The molecule has 0 saturated carbocycles. The Hall–Kier alpha value is -2.90. The summed E-state index contributed by atoms with van der Waals surface area (Å²) in [6.07, 6.45) is 1.77. The number of aliphatic carboxylic acids is 1. The molecule has 3 heterocycles. The number of anilines is 1. The van der Waals surface area contributed by atoms with Gasteiger partial charge in [0.1, 0.15) is 18.2 Å². The van der Waals surface area contributed by atoms with E-state index in [1.165, 1.54) is 9.80 Å². The predicted molar refractivity (Wildman–Crippen MR) is 95.0 cm³/mol. The van der Waals surface area contributed by atoms with Crippen LogP contribution in [0.15, 0.2) is 24.3 Å². The molecule has 0 spiro atoms. The van der Waals surface area contributed by atoms with Crippen LogP contribution in [-0.4, -0.2) is 63.4 Å². The smallest absolute Gasteiger partial charge is 0.326 e. The summed E-state index contributed by atoms with van der Waals surface area (Å²) in [4.78, 5) is 54.3. The largest absolute Gasteiger partial charge is 0.480 e. The van der Waals surface area contributed by atoms with Crippen molar-refractivity contribution in [3.8, 4) is 0 Å². The van der Waals surface area contributed by atoms with Gasteiger partial charge in [-0.05, 0) is 38.3 Å². The van der Waals surface area contributed by atoms with Gasteiger partial charge in [0, 0.05) is 13.0 Å². The quantitative estimate of drug-likeness (QED) is 0.857. The molecule has 0 aromatic heterocycles. The van der Waals surface area contributed by atoms with E-state index in [1.54, 1.807) is 36.1 Å². The molecular weight excluding hydrogens is 350 g/mol. The highest BCUT2D eigenvalue weighted by atomic mass is 16.4. The van der Waals surface area contributed by atoms with Crippen molar-refractivity contribution in [1.29, 1.82) is 0 Å². The van der Waals surface area contributed by atoms with E-state index in [0.29, 0.717) is 43.5 Å². The Balaban J connectivity index is 1.68. The monoisotopic (exact) mass is 371 g/mol. The summed E-state index contributed by atoms with van der Waals surface area (Å²) in [5, 5.41) is 9.33. The molecule has 3 aliphatic heterocycles. The number of hydrogen-bond acceptors (Lipinski definition) is 4. The van der Waals surface area contributed by atoms with Crippen molar-refractivity contribution in [3.63, 3.8) is 0 Å². The molecule has 3 amide bonds. The van der Waals surface area contributed by atoms with Gasteiger partial charge in [0.15, 0.2) is 0 Å². The fourth-order valence-corrected chi connectivity index (χ4v) is 4.49. The number of amides is 3. The molecule has 8 nitrogen and oxygen atoms in total. The van der Waals surface area contributed by atoms with Crippen molar-refractivity contribution in [2.24, 2.45) is 0 Å². The van der Waals surface area contributed by atoms with Crippen LogP contribution in [0.1, 0.15) is 43.0 Å². The minimum Gasteiger partial charge on any atom is -0.480 e. The lowest BCUT2D eigenvalue weighted by Gasteiger charge is -2.48. The number of benzene rings is 1. The highest BCUT2D eigenvalue weighted by molar-refractivity contribution is 6.11. The third-order valence-electron chi connectivity index (χ3n) is 5.90. The lowest BCUT2D eigenvalue weighted by atomic mass is 9.98. The molecule has 1 N–H and O–H groups in total. The van der Waals surface area contributed by atoms with Gasteiger partial charge in [-0.15, -0.1) is 0 Å². The Morgan fingerprint density at radius 3 is 2.74 bits per heavy atom. The lowest BCUT2D eigenvalue weighted by Crippen LogP contribution is -2.64. The van der Waals surface area contributed by atoms with Crippen molar-refractivity contribution in [1.82, 2.24) is 9.80 Å². The number of fused-ring (bicyclic) bond motifs is 3. The third kappa shape index (κ3) is 2.50. The van der Waals surface area contributed by atoms with E-state index in [9.17, 15) is 24.3 Å². The topological polar surface area (TPSA) is 98.2 Å². The first-order chi connectivity index (χ1) is 12.8. The Labute approximate surface area is 156 Å². The van der Waals surface area contributed by atoms with E-state index in [2.05, 4.69) is 0 Å². The van der Waals surface area contributed by atoms with Crippen LogP contribution >= 0.6 is 0 Å². The van der Waals surface area contributed by atoms with Gasteiger partial charge in [-0.2, -0.15) is 0 Å². The first-order valence-corrected chi connectivity index (χ1v) is 9.11. The van der Waals surface area contributed by atoms with Gasteiger partial charge in [0.25, 0.3) is 5.91 Å². The number of para-hydroxylation sites is 1. The zero-order valence-corrected chi connectivity index (χ0v) is 15.1. The zero-order valence-electron chi connectivity index (χ0n) is 15.1. The number of likely N-dealkylation sites (tertiary alicyclic amines) is 1. The van der Waals surface area contributed by atoms with Crippen LogP contribution in [0, 0.1) is 0 Å². The molecule has 0 aliphatic carbocycles. The molecule has 2 fully saturated rings.